The van der Waals surface area contributed by atoms with E-state index in [2.05, 4.69) is 20.8 Å². The molecule has 4 aliphatic carbocycles. The van der Waals surface area contributed by atoms with Gasteiger partial charge in [0.2, 0.25) is 0 Å². The normalized spacial score (nSPS) is 55.3. The van der Waals surface area contributed by atoms with Gasteiger partial charge in [0.05, 0.1) is 51.8 Å². The lowest BCUT2D eigenvalue weighted by Gasteiger charge is -2.61. The molecule has 6 saturated heterocycles. The average molecular weight is 1250 g/mol. The van der Waals surface area contributed by atoms with Gasteiger partial charge in [0, 0.05) is 12.3 Å². The third-order valence-electron chi connectivity index (χ3n) is 22.2. The molecule has 0 spiro atoms. The molecular formula is C57H96O29. The molecule has 86 heavy (non-hydrogen) atoms. The highest BCUT2D eigenvalue weighted by Crippen LogP contribution is 2.71. The molecule has 0 radical (unpaired) electrons. The summed E-state index contributed by atoms with van der Waals surface area (Å²) in [6.45, 7) is 4.85. The highest BCUT2D eigenvalue weighted by molar-refractivity contribution is 5.15. The Morgan fingerprint density at radius 2 is 0.942 bits per heavy atom. The molecule has 6 heterocycles. The molecule has 37 atom stereocenters. The van der Waals surface area contributed by atoms with Crippen LogP contribution in [0, 0.1) is 52.3 Å². The van der Waals surface area contributed by atoms with Gasteiger partial charge in [0.15, 0.2) is 37.2 Å². The van der Waals surface area contributed by atoms with Crippen molar-refractivity contribution in [3.63, 3.8) is 0 Å². The zero-order valence-corrected chi connectivity index (χ0v) is 49.0. The lowest BCUT2D eigenvalue weighted by Crippen LogP contribution is -2.68. The van der Waals surface area contributed by atoms with Crippen LogP contribution < -0.4 is 0 Å². The van der Waals surface area contributed by atoms with Gasteiger partial charge in [-0.1, -0.05) is 27.7 Å². The van der Waals surface area contributed by atoms with Crippen LogP contribution in [0.15, 0.2) is 0 Å². The Morgan fingerprint density at radius 3 is 1.52 bits per heavy atom. The summed E-state index contributed by atoms with van der Waals surface area (Å²) in [4.78, 5) is 0. The number of aliphatic hydroxyl groups excluding tert-OH is 17. The molecule has 0 unspecified atom stereocenters. The topological polar surface area (TPSA) is 466 Å². The van der Waals surface area contributed by atoms with E-state index in [1.807, 2.05) is 6.92 Å². The van der Waals surface area contributed by atoms with E-state index in [1.165, 1.54) is 0 Å². The van der Waals surface area contributed by atoms with E-state index in [0.717, 1.165) is 38.5 Å². The summed E-state index contributed by atoms with van der Waals surface area (Å²) in [5.74, 6) is 0.0161. The summed E-state index contributed by atoms with van der Waals surface area (Å²) in [6, 6.07) is 0. The largest absolute Gasteiger partial charge is 0.394 e. The predicted octanol–water partition coefficient (Wildman–Crippen LogP) is -6.13. The highest BCUT2D eigenvalue weighted by Gasteiger charge is 2.69. The van der Waals surface area contributed by atoms with Crippen LogP contribution in [0.5, 0.6) is 0 Å². The molecule has 10 aliphatic rings. The molecule has 0 aromatic rings. The van der Waals surface area contributed by atoms with Crippen molar-refractivity contribution in [2.45, 2.75) is 263 Å². The number of ether oxygens (including phenoxy) is 11. The Bertz CT molecular complexity index is 2190. The molecule has 4 saturated carbocycles. The first-order chi connectivity index (χ1) is 40.8. The Balaban J connectivity index is 0.766. The predicted molar refractivity (Wildman–Crippen MR) is 284 cm³/mol. The second-order valence-electron chi connectivity index (χ2n) is 27.1. The van der Waals surface area contributed by atoms with Gasteiger partial charge < -0.3 is 144 Å². The average Bonchev–Trinajstić information content (AvgIpc) is 1.54. The first-order valence-electron chi connectivity index (χ1n) is 30.9. The Labute approximate surface area is 498 Å². The van der Waals surface area contributed by atoms with E-state index in [4.69, 9.17) is 52.1 Å². The van der Waals surface area contributed by atoms with E-state index in [1.54, 1.807) is 0 Å². The van der Waals surface area contributed by atoms with Crippen LogP contribution in [0.3, 0.4) is 0 Å². The molecule has 29 heteroatoms. The summed E-state index contributed by atoms with van der Waals surface area (Å²) >= 11 is 0. The standard InChI is InChI=1S/C57H96O29/c1-21(20-76-50-43(71)39(67)35(63)29(15-58)78-50)7-12-57(75)22(2)34-28(86-57)14-27-25-6-5-23-13-24(8-10-55(23,3)26(25)9-11-56(27,34)4)77-51-46(74)42(70)47(33(19-62)82-51)83-54-49(85-53-45(73)41(69)37(65)31(17-60)80-53)48(38(66)32(18-61)81-54)84-52-44(72)40(68)36(64)30(16-59)79-52/h21-54,58-75H,5-20H2,1-4H3/t21-,22+,23+,24+,25-,26+,27+,28+,29-,30-,31-,32-,33-,34+,35-,36-,37-,38-,39+,40+,41+,42-,43-,44-,45-,46-,47+,48+,49-,50-,51-,52+,53+,54+,55+,56+,57-/m1/s1. The van der Waals surface area contributed by atoms with Crippen molar-refractivity contribution in [3.05, 3.63) is 0 Å². The van der Waals surface area contributed by atoms with Crippen LogP contribution in [0.25, 0.3) is 0 Å². The summed E-state index contributed by atoms with van der Waals surface area (Å²) in [5, 5.41) is 193. The van der Waals surface area contributed by atoms with Gasteiger partial charge in [-0.05, 0) is 104 Å². The molecule has 10 rings (SSSR count). The number of rotatable bonds is 19. The number of hydrogen-bond donors (Lipinski definition) is 18. The monoisotopic (exact) mass is 1240 g/mol. The fourth-order valence-electron chi connectivity index (χ4n) is 17.1. The SMILES string of the molecule is C[C@H](CC[C@@]1(O)O[C@H]2C[C@H]3[C@@H]4CC[C@H]5C[C@@H](O[C@@H]6O[C@H](CO)[C@H](O[C@@H]7O[C@H](CO)[C@@H](O)[C@H](O[C@@H]8O[C@H](CO)[C@@H](O)[C@H](O)[C@H]8O)[C@H]7O[C@@H]7O[C@H](CO)[C@@H](O)[C@H](O)[C@H]7O)[C@H](O)[C@H]6O)CC[C@]5(C)[C@H]4CC[C@]3(C)[C@H]2[C@@H]1C)CO[C@@H]1O[C@H](CO)[C@@H](O)[C@H](O)[C@H]1O. The lowest BCUT2D eigenvalue weighted by atomic mass is 9.44. The number of hydrogen-bond acceptors (Lipinski definition) is 29. The van der Waals surface area contributed by atoms with Gasteiger partial charge in [0.1, 0.15) is 122 Å². The smallest absolute Gasteiger partial charge is 0.187 e. The summed E-state index contributed by atoms with van der Waals surface area (Å²) in [6.07, 6.45) is -36.2. The molecule has 6 aliphatic heterocycles. The highest BCUT2D eigenvalue weighted by atomic mass is 16.8. The Hall–Kier alpha value is -1.16. The Kier molecular flexibility index (Phi) is 21.3. The van der Waals surface area contributed by atoms with Crippen molar-refractivity contribution in [2.75, 3.05) is 39.6 Å². The maximum Gasteiger partial charge on any atom is 0.187 e. The summed E-state index contributed by atoms with van der Waals surface area (Å²) < 4.78 is 66.0. The van der Waals surface area contributed by atoms with Crippen LogP contribution in [-0.2, 0) is 52.1 Å². The van der Waals surface area contributed by atoms with E-state index < -0.39 is 198 Å². The molecule has 0 aromatic heterocycles. The van der Waals surface area contributed by atoms with Crippen LogP contribution >= 0.6 is 0 Å². The Morgan fingerprint density at radius 1 is 0.465 bits per heavy atom. The van der Waals surface area contributed by atoms with E-state index in [0.29, 0.717) is 43.4 Å². The zero-order valence-electron chi connectivity index (χ0n) is 49.0. The van der Waals surface area contributed by atoms with Crippen molar-refractivity contribution in [3.8, 4) is 0 Å². The van der Waals surface area contributed by atoms with Crippen molar-refractivity contribution < 1.29 is 144 Å². The van der Waals surface area contributed by atoms with Gasteiger partial charge in [-0.15, -0.1) is 0 Å². The first kappa shape index (κ1) is 67.7. The molecular weight excluding hydrogens is 1150 g/mol. The molecule has 498 valence electrons. The minimum atomic E-state index is -2.06. The summed E-state index contributed by atoms with van der Waals surface area (Å²) in [5.41, 5.74) is -0.108. The second-order valence-corrected chi connectivity index (χ2v) is 27.1. The molecule has 10 fully saturated rings. The third-order valence-corrected chi connectivity index (χ3v) is 22.2. The second kappa shape index (κ2) is 27.1. The quantitative estimate of drug-likeness (QED) is 0.0535. The van der Waals surface area contributed by atoms with Gasteiger partial charge in [-0.2, -0.15) is 0 Å². The van der Waals surface area contributed by atoms with Crippen molar-refractivity contribution >= 4 is 0 Å². The van der Waals surface area contributed by atoms with Gasteiger partial charge >= 0.3 is 0 Å². The minimum Gasteiger partial charge on any atom is -0.394 e. The number of aliphatic hydroxyl groups is 18. The summed E-state index contributed by atoms with van der Waals surface area (Å²) in [7, 11) is 0. The van der Waals surface area contributed by atoms with Crippen LogP contribution in [0.4, 0.5) is 0 Å². The first-order valence-corrected chi connectivity index (χ1v) is 30.9. The molecule has 0 aromatic carbocycles. The van der Waals surface area contributed by atoms with Crippen LogP contribution in [0.2, 0.25) is 0 Å². The van der Waals surface area contributed by atoms with Crippen molar-refractivity contribution in [1.29, 1.82) is 0 Å². The molecule has 0 amide bonds. The molecule has 0 bridgehead atoms. The lowest BCUT2D eigenvalue weighted by molar-refractivity contribution is -0.406. The van der Waals surface area contributed by atoms with Gasteiger partial charge in [-0.3, -0.25) is 0 Å². The van der Waals surface area contributed by atoms with E-state index >= 15 is 0 Å². The zero-order chi connectivity index (χ0) is 62.2. The fourth-order valence-corrected chi connectivity index (χ4v) is 17.1. The van der Waals surface area contributed by atoms with Gasteiger partial charge in [0.25, 0.3) is 0 Å². The third kappa shape index (κ3) is 12.4. The van der Waals surface area contributed by atoms with E-state index in [-0.39, 0.29) is 47.2 Å². The minimum absolute atomic E-state index is 0.0421. The van der Waals surface area contributed by atoms with E-state index in [9.17, 15) is 91.9 Å². The maximum absolute atomic E-state index is 12.2. The van der Waals surface area contributed by atoms with Gasteiger partial charge in [-0.25, -0.2) is 0 Å². The molecule has 29 nitrogen and oxygen atoms in total. The van der Waals surface area contributed by atoms with Crippen LogP contribution in [0.1, 0.15) is 91.9 Å². The number of fused-ring (bicyclic) bond motifs is 7. The maximum atomic E-state index is 12.2. The van der Waals surface area contributed by atoms with Crippen LogP contribution in [-0.4, -0.2) is 303 Å². The van der Waals surface area contributed by atoms with Crippen molar-refractivity contribution in [1.82, 2.24) is 0 Å². The fraction of sp³-hybridized carbons (Fsp3) is 1.00. The van der Waals surface area contributed by atoms with Crippen molar-refractivity contribution in [2.24, 2.45) is 52.3 Å². The molecule has 18 N–H and O–H groups in total.